The molecule has 0 aliphatic rings. The molecule has 0 N–H and O–H groups in total. The van der Waals surface area contributed by atoms with E-state index in [2.05, 4.69) is 20.7 Å². The van der Waals surface area contributed by atoms with Crippen molar-refractivity contribution in [2.75, 3.05) is 7.11 Å². The van der Waals surface area contributed by atoms with E-state index in [1.54, 1.807) is 13.0 Å². The van der Waals surface area contributed by atoms with Gasteiger partial charge in [0, 0.05) is 0 Å². The standard InChI is InChI=1S/C10H11BrO5/c1-6(5-9(12)14-2)15-10(13)7-3-4-8(11)16-7/h3-4,6H,5H2,1-2H3/t6-/m1/s1. The van der Waals surface area contributed by atoms with Gasteiger partial charge in [-0.2, -0.15) is 0 Å². The molecule has 0 aromatic carbocycles. The molecule has 1 aromatic rings. The molecule has 0 amide bonds. The Morgan fingerprint density at radius 1 is 1.50 bits per heavy atom. The Balaban J connectivity index is 2.48. The molecule has 0 aliphatic carbocycles. The lowest BCUT2D eigenvalue weighted by Gasteiger charge is -2.10. The fraction of sp³-hybridized carbons (Fsp3) is 0.400. The maximum Gasteiger partial charge on any atom is 0.374 e. The fourth-order valence-corrected chi connectivity index (χ4v) is 1.33. The Bertz CT molecular complexity index is 384. The molecule has 1 atom stereocenters. The molecular weight excluding hydrogens is 280 g/mol. The van der Waals surface area contributed by atoms with Crippen LogP contribution in [0.25, 0.3) is 0 Å². The summed E-state index contributed by atoms with van der Waals surface area (Å²) in [7, 11) is 1.28. The number of hydrogen-bond acceptors (Lipinski definition) is 5. The number of ether oxygens (including phenoxy) is 2. The van der Waals surface area contributed by atoms with Crippen LogP contribution < -0.4 is 0 Å². The monoisotopic (exact) mass is 290 g/mol. The van der Waals surface area contributed by atoms with Gasteiger partial charge in [-0.1, -0.05) is 0 Å². The van der Waals surface area contributed by atoms with Crippen LogP contribution in [0.4, 0.5) is 0 Å². The van der Waals surface area contributed by atoms with E-state index in [1.165, 1.54) is 13.2 Å². The van der Waals surface area contributed by atoms with Gasteiger partial charge in [-0.15, -0.1) is 0 Å². The van der Waals surface area contributed by atoms with Crippen molar-refractivity contribution in [2.24, 2.45) is 0 Å². The van der Waals surface area contributed by atoms with Crippen molar-refractivity contribution in [3.63, 3.8) is 0 Å². The summed E-state index contributed by atoms with van der Waals surface area (Å²) in [6.45, 7) is 1.60. The van der Waals surface area contributed by atoms with Crippen molar-refractivity contribution in [3.05, 3.63) is 22.6 Å². The summed E-state index contributed by atoms with van der Waals surface area (Å²) < 4.78 is 14.9. The van der Waals surface area contributed by atoms with E-state index < -0.39 is 18.0 Å². The van der Waals surface area contributed by atoms with E-state index >= 15 is 0 Å². The molecule has 0 aliphatic heterocycles. The van der Waals surface area contributed by atoms with Crippen molar-refractivity contribution in [2.45, 2.75) is 19.4 Å². The maximum absolute atomic E-state index is 11.4. The zero-order valence-electron chi connectivity index (χ0n) is 8.86. The molecule has 1 aromatic heterocycles. The van der Waals surface area contributed by atoms with Crippen molar-refractivity contribution < 1.29 is 23.5 Å². The molecule has 0 saturated carbocycles. The molecule has 5 nitrogen and oxygen atoms in total. The average molecular weight is 291 g/mol. The van der Waals surface area contributed by atoms with Crippen LogP contribution in [-0.4, -0.2) is 25.2 Å². The zero-order valence-corrected chi connectivity index (χ0v) is 10.4. The molecule has 0 unspecified atom stereocenters. The van der Waals surface area contributed by atoms with Gasteiger partial charge in [-0.25, -0.2) is 4.79 Å². The number of halogens is 1. The van der Waals surface area contributed by atoms with E-state index in [1.807, 2.05) is 0 Å². The van der Waals surface area contributed by atoms with Crippen LogP contribution in [0.3, 0.4) is 0 Å². The maximum atomic E-state index is 11.4. The van der Waals surface area contributed by atoms with Gasteiger partial charge >= 0.3 is 11.9 Å². The Morgan fingerprint density at radius 3 is 2.69 bits per heavy atom. The number of methoxy groups -OCH3 is 1. The zero-order chi connectivity index (χ0) is 12.1. The number of furan rings is 1. The van der Waals surface area contributed by atoms with Gasteiger partial charge in [0.15, 0.2) is 4.67 Å². The first-order chi connectivity index (χ1) is 7.52. The highest BCUT2D eigenvalue weighted by Gasteiger charge is 2.17. The second-order valence-electron chi connectivity index (χ2n) is 3.10. The summed E-state index contributed by atoms with van der Waals surface area (Å²) in [5, 5.41) is 0. The van der Waals surface area contributed by atoms with Gasteiger partial charge in [-0.05, 0) is 35.0 Å². The van der Waals surface area contributed by atoms with Gasteiger partial charge in [0.05, 0.1) is 13.5 Å². The second kappa shape index (κ2) is 5.69. The first kappa shape index (κ1) is 12.8. The summed E-state index contributed by atoms with van der Waals surface area (Å²) in [5.74, 6) is -0.952. The van der Waals surface area contributed by atoms with Gasteiger partial charge in [0.1, 0.15) is 6.10 Å². The number of hydrogen-bond donors (Lipinski definition) is 0. The third-order valence-electron chi connectivity index (χ3n) is 1.76. The third kappa shape index (κ3) is 3.69. The van der Waals surface area contributed by atoms with Crippen LogP contribution in [0.2, 0.25) is 0 Å². The molecule has 88 valence electrons. The van der Waals surface area contributed by atoms with E-state index in [9.17, 15) is 9.59 Å². The Morgan fingerprint density at radius 2 is 2.19 bits per heavy atom. The van der Waals surface area contributed by atoms with Crippen molar-refractivity contribution in [1.29, 1.82) is 0 Å². The quantitative estimate of drug-likeness (QED) is 0.795. The lowest BCUT2D eigenvalue weighted by molar-refractivity contribution is -0.142. The van der Waals surface area contributed by atoms with Crippen LogP contribution >= 0.6 is 15.9 Å². The van der Waals surface area contributed by atoms with Crippen LogP contribution in [0.15, 0.2) is 21.2 Å². The van der Waals surface area contributed by atoms with Crippen LogP contribution in [0, 0.1) is 0 Å². The largest absolute Gasteiger partial charge is 0.469 e. The molecule has 1 rings (SSSR count). The highest BCUT2D eigenvalue weighted by atomic mass is 79.9. The molecule has 0 fully saturated rings. The minimum absolute atomic E-state index is 0.0180. The van der Waals surface area contributed by atoms with Crippen molar-refractivity contribution in [1.82, 2.24) is 0 Å². The summed E-state index contributed by atoms with van der Waals surface area (Å²) in [6, 6.07) is 3.07. The summed E-state index contributed by atoms with van der Waals surface area (Å²) in [5.41, 5.74) is 0. The highest BCUT2D eigenvalue weighted by Crippen LogP contribution is 2.15. The van der Waals surface area contributed by atoms with Crippen molar-refractivity contribution >= 4 is 27.9 Å². The first-order valence-electron chi connectivity index (χ1n) is 4.56. The topological polar surface area (TPSA) is 65.7 Å². The lowest BCUT2D eigenvalue weighted by atomic mass is 10.3. The number of carbonyl (C=O) groups excluding carboxylic acids is 2. The van der Waals surface area contributed by atoms with E-state index in [4.69, 9.17) is 9.15 Å². The predicted molar refractivity (Wildman–Crippen MR) is 57.9 cm³/mol. The average Bonchev–Trinajstić information content (AvgIpc) is 2.64. The van der Waals surface area contributed by atoms with Gasteiger partial charge < -0.3 is 13.9 Å². The third-order valence-corrected chi connectivity index (χ3v) is 2.19. The smallest absolute Gasteiger partial charge is 0.374 e. The minimum Gasteiger partial charge on any atom is -0.469 e. The molecule has 0 spiro atoms. The van der Waals surface area contributed by atoms with Crippen LogP contribution in [0.5, 0.6) is 0 Å². The van der Waals surface area contributed by atoms with Gasteiger partial charge in [0.2, 0.25) is 5.76 Å². The van der Waals surface area contributed by atoms with Crippen molar-refractivity contribution in [3.8, 4) is 0 Å². The van der Waals surface area contributed by atoms with E-state index in [-0.39, 0.29) is 12.2 Å². The molecule has 0 saturated heterocycles. The Hall–Kier alpha value is -1.30. The Labute approximate surface area is 101 Å². The molecule has 6 heteroatoms. The summed E-state index contributed by atoms with van der Waals surface area (Å²) in [4.78, 5) is 22.3. The lowest BCUT2D eigenvalue weighted by Crippen LogP contribution is -2.19. The molecular formula is C10H11BrO5. The fourth-order valence-electron chi connectivity index (χ4n) is 1.02. The molecule has 0 radical (unpaired) electrons. The second-order valence-corrected chi connectivity index (χ2v) is 3.88. The number of rotatable bonds is 4. The number of carbonyl (C=O) groups is 2. The first-order valence-corrected chi connectivity index (χ1v) is 5.35. The Kier molecular flexibility index (Phi) is 4.54. The molecule has 0 bridgehead atoms. The number of esters is 2. The van der Waals surface area contributed by atoms with Crippen LogP contribution in [0.1, 0.15) is 23.9 Å². The molecule has 1 heterocycles. The summed E-state index contributed by atoms with van der Waals surface area (Å²) >= 11 is 3.07. The molecule has 16 heavy (non-hydrogen) atoms. The SMILES string of the molecule is COC(=O)C[C@@H](C)OC(=O)c1ccc(Br)o1. The summed E-state index contributed by atoms with van der Waals surface area (Å²) in [6.07, 6.45) is -0.534. The van der Waals surface area contributed by atoms with Gasteiger partial charge in [0.25, 0.3) is 0 Å². The predicted octanol–water partition coefficient (Wildman–Crippen LogP) is 2.15. The van der Waals surface area contributed by atoms with Gasteiger partial charge in [-0.3, -0.25) is 4.79 Å². The normalized spacial score (nSPS) is 11.9. The van der Waals surface area contributed by atoms with E-state index in [0.717, 1.165) is 0 Å². The van der Waals surface area contributed by atoms with E-state index in [0.29, 0.717) is 4.67 Å². The highest BCUT2D eigenvalue weighted by molar-refractivity contribution is 9.10. The van der Waals surface area contributed by atoms with Crippen LogP contribution in [-0.2, 0) is 14.3 Å². The minimum atomic E-state index is -0.609.